The Bertz CT molecular complexity index is 1800. The van der Waals surface area contributed by atoms with Crippen molar-refractivity contribution in [1.29, 1.82) is 0 Å². The molecule has 0 unspecified atom stereocenters. The van der Waals surface area contributed by atoms with Gasteiger partial charge in [0.1, 0.15) is 22.7 Å². The third-order valence-corrected chi connectivity index (χ3v) is 8.83. The van der Waals surface area contributed by atoms with Crippen molar-refractivity contribution in [3.63, 3.8) is 0 Å². The zero-order valence-corrected chi connectivity index (χ0v) is 34.7. The van der Waals surface area contributed by atoms with Crippen molar-refractivity contribution in [2.24, 2.45) is 0 Å². The van der Waals surface area contributed by atoms with Gasteiger partial charge in [0.25, 0.3) is 0 Å². The van der Waals surface area contributed by atoms with E-state index in [9.17, 15) is 33.6 Å². The second kappa shape index (κ2) is 23.8. The number of nitrogens with one attached hydrogen (secondary N) is 1. The topological polar surface area (TPSA) is 205 Å². The summed E-state index contributed by atoms with van der Waals surface area (Å²) in [6.07, 6.45) is 7.11. The molecule has 0 aliphatic carbocycles. The summed E-state index contributed by atoms with van der Waals surface area (Å²) in [5.41, 5.74) is 3.94. The lowest BCUT2D eigenvalue weighted by molar-refractivity contribution is -0.156. The van der Waals surface area contributed by atoms with Crippen molar-refractivity contribution in [2.75, 3.05) is 93.2 Å². The van der Waals surface area contributed by atoms with Crippen LogP contribution in [0.15, 0.2) is 55.0 Å². The van der Waals surface area contributed by atoms with Gasteiger partial charge in [-0.2, -0.15) is 0 Å². The molecule has 3 fully saturated rings. The van der Waals surface area contributed by atoms with E-state index in [-0.39, 0.29) is 12.0 Å². The lowest BCUT2D eigenvalue weighted by Gasteiger charge is -2.36. The number of rotatable bonds is 6. The molecule has 0 spiro atoms. The number of carbonyl (C=O) groups is 7. The second-order valence-electron chi connectivity index (χ2n) is 14.4. The summed E-state index contributed by atoms with van der Waals surface area (Å²) in [6.45, 7) is 19.3. The first-order valence-electron chi connectivity index (χ1n) is 19.2. The lowest BCUT2D eigenvalue weighted by atomic mass is 10.2. The molecular weight excluding hydrogens is 763 g/mol. The maximum atomic E-state index is 12.0. The molecule has 3 aliphatic rings. The molecule has 2 amide bonds. The molecule has 59 heavy (non-hydrogen) atoms. The van der Waals surface area contributed by atoms with Crippen LogP contribution in [-0.2, 0) is 23.9 Å². The standard InChI is InChI=1S/C15H21N3O3.C12H15N3O2.C10H13N3O.C4H6O3/c1-15(2,3)21-14(20)18-8-6-17(7-9-18)13-5-4-12(11-19)16-10-13;1-10(17)14-4-6-15(7-5-14)12-3-2-11(9-16)13-8-12;14-8-9-1-2-10(7-12-9)13-5-3-11-4-6-13;1-3(5)7-4(2)6/h4-5,10-11H,6-9H2,1-3H3;2-3,8-9H,4-7H2,1H3;1-2,7-8,11H,3-6H2;1-2H3. The molecule has 3 aromatic rings. The van der Waals surface area contributed by atoms with E-state index in [1.807, 2.05) is 43.9 Å². The Hall–Kier alpha value is -6.30. The highest BCUT2D eigenvalue weighted by atomic mass is 16.6. The lowest BCUT2D eigenvalue weighted by Crippen LogP contribution is -2.50. The van der Waals surface area contributed by atoms with E-state index in [0.29, 0.717) is 30.2 Å². The molecule has 0 aromatic carbocycles. The summed E-state index contributed by atoms with van der Waals surface area (Å²) in [4.78, 5) is 96.5. The van der Waals surface area contributed by atoms with Gasteiger partial charge in [-0.3, -0.25) is 43.7 Å². The molecule has 18 heteroatoms. The number of amides is 2. The molecule has 6 rings (SSSR count). The average molecular weight is 818 g/mol. The maximum absolute atomic E-state index is 12.0. The molecule has 0 atom stereocenters. The zero-order valence-electron chi connectivity index (χ0n) is 34.7. The highest BCUT2D eigenvalue weighted by molar-refractivity contribution is 5.82. The van der Waals surface area contributed by atoms with Crippen molar-refractivity contribution in [1.82, 2.24) is 30.1 Å². The number of nitrogens with zero attached hydrogens (tertiary/aromatic N) is 8. The normalized spacial score (nSPS) is 15.1. The number of anilines is 3. The van der Waals surface area contributed by atoms with Crippen LogP contribution in [-0.4, -0.2) is 152 Å². The molecule has 18 nitrogen and oxygen atoms in total. The van der Waals surface area contributed by atoms with Crippen LogP contribution in [0.3, 0.4) is 0 Å². The minimum Gasteiger partial charge on any atom is -0.444 e. The third kappa shape index (κ3) is 17.0. The van der Waals surface area contributed by atoms with Crippen molar-refractivity contribution in [3.05, 3.63) is 72.1 Å². The number of pyridine rings is 3. The fourth-order valence-corrected chi connectivity index (χ4v) is 5.84. The first-order chi connectivity index (χ1) is 28.1. The van der Waals surface area contributed by atoms with Gasteiger partial charge in [-0.1, -0.05) is 0 Å². The Morgan fingerprint density at radius 3 is 1.19 bits per heavy atom. The van der Waals surface area contributed by atoms with E-state index in [2.05, 4.69) is 39.7 Å². The van der Waals surface area contributed by atoms with Crippen LogP contribution in [0.4, 0.5) is 21.9 Å². The van der Waals surface area contributed by atoms with Crippen molar-refractivity contribution < 1.29 is 43.0 Å². The van der Waals surface area contributed by atoms with Crippen LogP contribution >= 0.6 is 0 Å². The van der Waals surface area contributed by atoms with Crippen LogP contribution in [0.2, 0.25) is 0 Å². The summed E-state index contributed by atoms with van der Waals surface area (Å²) >= 11 is 0. The van der Waals surface area contributed by atoms with E-state index in [4.69, 9.17) is 4.74 Å². The first-order valence-corrected chi connectivity index (χ1v) is 19.2. The SMILES string of the molecule is CC(=O)N1CCN(c2ccc(C=O)nc2)CC1.CC(=O)OC(C)=O.CC(C)(C)OC(=O)N1CCN(c2ccc(C=O)nc2)CC1.O=Cc1ccc(N2CCNCC2)cn1. The van der Waals surface area contributed by atoms with E-state index in [1.165, 1.54) is 13.8 Å². The van der Waals surface area contributed by atoms with Crippen LogP contribution < -0.4 is 20.0 Å². The summed E-state index contributed by atoms with van der Waals surface area (Å²) in [6, 6.07) is 10.9. The maximum Gasteiger partial charge on any atom is 0.410 e. The zero-order chi connectivity index (χ0) is 43.4. The molecule has 3 saturated heterocycles. The van der Waals surface area contributed by atoms with Gasteiger partial charge in [-0.15, -0.1) is 0 Å². The molecule has 3 aliphatic heterocycles. The van der Waals surface area contributed by atoms with Crippen LogP contribution in [0, 0.1) is 0 Å². The minimum absolute atomic E-state index is 0.124. The molecule has 6 heterocycles. The predicted octanol–water partition coefficient (Wildman–Crippen LogP) is 2.91. The number of hydrogen-bond donors (Lipinski definition) is 1. The van der Waals surface area contributed by atoms with Gasteiger partial charge in [0.15, 0.2) is 18.9 Å². The van der Waals surface area contributed by atoms with Gasteiger partial charge in [-0.25, -0.2) is 4.79 Å². The van der Waals surface area contributed by atoms with Gasteiger partial charge in [0.05, 0.1) is 35.7 Å². The van der Waals surface area contributed by atoms with E-state index in [1.54, 1.807) is 48.6 Å². The highest BCUT2D eigenvalue weighted by Crippen LogP contribution is 2.18. The quantitative estimate of drug-likeness (QED) is 0.216. The Balaban J connectivity index is 0.000000222. The second-order valence-corrected chi connectivity index (χ2v) is 14.4. The van der Waals surface area contributed by atoms with Gasteiger partial charge in [0, 0.05) is 99.3 Å². The van der Waals surface area contributed by atoms with Gasteiger partial charge in [0.2, 0.25) is 5.91 Å². The largest absolute Gasteiger partial charge is 0.444 e. The third-order valence-electron chi connectivity index (χ3n) is 8.83. The number of ether oxygens (including phenoxy) is 2. The number of aromatic nitrogens is 3. The van der Waals surface area contributed by atoms with Crippen LogP contribution in [0.5, 0.6) is 0 Å². The number of aldehydes is 3. The van der Waals surface area contributed by atoms with E-state index >= 15 is 0 Å². The fourth-order valence-electron chi connectivity index (χ4n) is 5.84. The molecule has 3 aromatic heterocycles. The van der Waals surface area contributed by atoms with Crippen LogP contribution in [0.1, 0.15) is 73.0 Å². The molecule has 0 saturated carbocycles. The Kier molecular flexibility index (Phi) is 19.0. The Labute approximate surface area is 344 Å². The molecular formula is C41H55N9O9. The summed E-state index contributed by atoms with van der Waals surface area (Å²) < 4.78 is 9.34. The Morgan fingerprint density at radius 2 is 0.915 bits per heavy atom. The minimum atomic E-state index is -0.562. The number of hydrogen-bond acceptors (Lipinski definition) is 16. The molecule has 1 N–H and O–H groups in total. The summed E-state index contributed by atoms with van der Waals surface area (Å²) in [7, 11) is 0. The Morgan fingerprint density at radius 1 is 0.559 bits per heavy atom. The summed E-state index contributed by atoms with van der Waals surface area (Å²) in [5, 5.41) is 3.29. The molecule has 0 bridgehead atoms. The number of piperazine rings is 3. The fraction of sp³-hybridized carbons (Fsp3) is 0.463. The monoisotopic (exact) mass is 817 g/mol. The predicted molar refractivity (Wildman–Crippen MR) is 221 cm³/mol. The summed E-state index contributed by atoms with van der Waals surface area (Å²) in [5.74, 6) is -1.00. The van der Waals surface area contributed by atoms with Gasteiger partial charge in [-0.05, 0) is 57.2 Å². The highest BCUT2D eigenvalue weighted by Gasteiger charge is 2.26. The van der Waals surface area contributed by atoms with Crippen molar-refractivity contribution >= 4 is 59.9 Å². The van der Waals surface area contributed by atoms with Gasteiger partial charge >= 0.3 is 18.0 Å². The van der Waals surface area contributed by atoms with Gasteiger partial charge < -0.3 is 39.3 Å². The number of esters is 2. The van der Waals surface area contributed by atoms with E-state index < -0.39 is 17.5 Å². The van der Waals surface area contributed by atoms with E-state index in [0.717, 1.165) is 101 Å². The average Bonchev–Trinajstić information content (AvgIpc) is 3.24. The molecule has 0 radical (unpaired) electrons. The molecule has 318 valence electrons. The van der Waals surface area contributed by atoms with Crippen molar-refractivity contribution in [2.45, 2.75) is 47.1 Å². The smallest absolute Gasteiger partial charge is 0.410 e. The first kappa shape index (κ1) is 47.1. The van der Waals surface area contributed by atoms with Crippen molar-refractivity contribution in [3.8, 4) is 0 Å². The number of carbonyl (C=O) groups excluding carboxylic acids is 7. The van der Waals surface area contributed by atoms with Crippen LogP contribution in [0.25, 0.3) is 0 Å².